The Morgan fingerprint density at radius 2 is 2.14 bits per heavy atom. The average Bonchev–Trinajstić information content (AvgIpc) is 3.25. The number of benzene rings is 1. The van der Waals surface area contributed by atoms with Crippen LogP contribution >= 0.6 is 11.3 Å². The largest absolute Gasteiger partial charge is 0.492 e. The van der Waals surface area contributed by atoms with Crippen molar-refractivity contribution < 1.29 is 9.47 Å². The van der Waals surface area contributed by atoms with Crippen LogP contribution < -0.4 is 15.4 Å². The number of guanidine groups is 1. The Morgan fingerprint density at radius 3 is 2.86 bits per heavy atom. The normalized spacial score (nSPS) is 19.2. The van der Waals surface area contributed by atoms with Gasteiger partial charge in [0.25, 0.3) is 0 Å². The molecule has 0 radical (unpaired) electrons. The lowest BCUT2D eigenvalue weighted by Gasteiger charge is -2.37. The summed E-state index contributed by atoms with van der Waals surface area (Å²) in [6.45, 7) is 6.89. The molecule has 1 aromatic carbocycles. The summed E-state index contributed by atoms with van der Waals surface area (Å²) in [7, 11) is 1.80. The van der Waals surface area contributed by atoms with Gasteiger partial charge < -0.3 is 20.1 Å². The van der Waals surface area contributed by atoms with E-state index in [-0.39, 0.29) is 6.10 Å². The van der Waals surface area contributed by atoms with Crippen LogP contribution in [0.1, 0.15) is 17.8 Å². The standard InChI is InChI=1S/C21H30N4O2S/c1-17-16-25(11-13-26-17)19(20-9-6-14-28-20)15-24-21(22-2)23-10-12-27-18-7-4-3-5-8-18/h3-9,14,17,19H,10-13,15-16H2,1-2H3,(H2,22,23,24). The molecular formula is C21H30N4O2S. The highest BCUT2D eigenvalue weighted by molar-refractivity contribution is 7.10. The Hall–Kier alpha value is -2.09. The van der Waals surface area contributed by atoms with Crippen molar-refractivity contribution in [1.82, 2.24) is 15.5 Å². The van der Waals surface area contributed by atoms with Gasteiger partial charge >= 0.3 is 0 Å². The molecule has 2 N–H and O–H groups in total. The van der Waals surface area contributed by atoms with E-state index < -0.39 is 0 Å². The first-order valence-electron chi connectivity index (χ1n) is 9.77. The summed E-state index contributed by atoms with van der Waals surface area (Å²) in [4.78, 5) is 8.21. The predicted octanol–water partition coefficient (Wildman–Crippen LogP) is 2.75. The van der Waals surface area contributed by atoms with Crippen LogP contribution in [0.15, 0.2) is 52.8 Å². The molecule has 1 fully saturated rings. The zero-order chi connectivity index (χ0) is 19.6. The van der Waals surface area contributed by atoms with Gasteiger partial charge in [-0.2, -0.15) is 0 Å². The third-order valence-corrected chi connectivity index (χ3v) is 5.65. The number of hydrogen-bond acceptors (Lipinski definition) is 5. The van der Waals surface area contributed by atoms with Gasteiger partial charge in [0.15, 0.2) is 5.96 Å². The summed E-state index contributed by atoms with van der Waals surface area (Å²) in [5.74, 6) is 1.67. The molecule has 1 aliphatic rings. The monoisotopic (exact) mass is 402 g/mol. The molecule has 0 bridgehead atoms. The molecule has 1 aromatic heterocycles. The minimum absolute atomic E-state index is 0.267. The van der Waals surface area contributed by atoms with Crippen molar-refractivity contribution in [3.8, 4) is 5.75 Å². The number of thiophene rings is 1. The van der Waals surface area contributed by atoms with Crippen LogP contribution in [0, 0.1) is 0 Å². The average molecular weight is 403 g/mol. The number of ether oxygens (including phenoxy) is 2. The topological polar surface area (TPSA) is 58.1 Å². The summed E-state index contributed by atoms with van der Waals surface area (Å²) in [6.07, 6.45) is 0.267. The van der Waals surface area contributed by atoms with E-state index in [1.54, 1.807) is 18.4 Å². The minimum Gasteiger partial charge on any atom is -0.492 e. The lowest BCUT2D eigenvalue weighted by atomic mass is 10.1. The number of aliphatic imine (C=N–C) groups is 1. The molecule has 2 aromatic rings. The van der Waals surface area contributed by atoms with Gasteiger partial charge in [0, 0.05) is 31.6 Å². The van der Waals surface area contributed by atoms with Crippen LogP contribution in [-0.2, 0) is 4.74 Å². The second kappa shape index (κ2) is 11.0. The van der Waals surface area contributed by atoms with Crippen LogP contribution in [0.5, 0.6) is 5.75 Å². The number of rotatable bonds is 8. The Labute approximate surface area is 171 Å². The molecule has 2 heterocycles. The second-order valence-corrected chi connectivity index (χ2v) is 7.73. The number of nitrogens with one attached hydrogen (secondary N) is 2. The van der Waals surface area contributed by atoms with Gasteiger partial charge in [-0.15, -0.1) is 11.3 Å². The lowest BCUT2D eigenvalue weighted by Crippen LogP contribution is -2.48. The van der Waals surface area contributed by atoms with Crippen molar-refractivity contribution in [2.75, 3.05) is 46.4 Å². The highest BCUT2D eigenvalue weighted by atomic mass is 32.1. The van der Waals surface area contributed by atoms with E-state index in [1.165, 1.54) is 4.88 Å². The maximum atomic E-state index is 5.73. The minimum atomic E-state index is 0.267. The van der Waals surface area contributed by atoms with Gasteiger partial charge in [-0.05, 0) is 30.5 Å². The van der Waals surface area contributed by atoms with E-state index in [0.717, 1.165) is 38.0 Å². The molecular weight excluding hydrogens is 372 g/mol. The molecule has 6 nitrogen and oxygen atoms in total. The number of para-hydroxylation sites is 1. The second-order valence-electron chi connectivity index (χ2n) is 6.75. The summed E-state index contributed by atoms with van der Waals surface area (Å²) in [6, 6.07) is 14.5. The van der Waals surface area contributed by atoms with Gasteiger partial charge in [0.1, 0.15) is 12.4 Å². The fourth-order valence-corrected chi connectivity index (χ4v) is 4.15. The highest BCUT2D eigenvalue weighted by Crippen LogP contribution is 2.26. The molecule has 1 aliphatic heterocycles. The van der Waals surface area contributed by atoms with Crippen molar-refractivity contribution in [3.05, 3.63) is 52.7 Å². The lowest BCUT2D eigenvalue weighted by molar-refractivity contribution is -0.0334. The predicted molar refractivity (Wildman–Crippen MR) is 115 cm³/mol. The molecule has 2 unspecified atom stereocenters. The molecule has 1 saturated heterocycles. The van der Waals surface area contributed by atoms with Gasteiger partial charge in [-0.3, -0.25) is 9.89 Å². The zero-order valence-corrected chi connectivity index (χ0v) is 17.5. The fraction of sp³-hybridized carbons (Fsp3) is 0.476. The quantitative estimate of drug-likeness (QED) is 0.404. The van der Waals surface area contributed by atoms with Crippen molar-refractivity contribution >= 4 is 17.3 Å². The first-order valence-corrected chi connectivity index (χ1v) is 10.7. The van der Waals surface area contributed by atoms with E-state index in [0.29, 0.717) is 19.2 Å². The summed E-state index contributed by atoms with van der Waals surface area (Å²) >= 11 is 1.80. The van der Waals surface area contributed by atoms with E-state index in [4.69, 9.17) is 9.47 Å². The van der Waals surface area contributed by atoms with Crippen molar-refractivity contribution in [2.45, 2.75) is 19.1 Å². The first kappa shape index (κ1) is 20.6. The number of morpholine rings is 1. The third kappa shape index (κ3) is 6.22. The zero-order valence-electron chi connectivity index (χ0n) is 16.6. The molecule has 2 atom stereocenters. The summed E-state index contributed by atoms with van der Waals surface area (Å²) in [5, 5.41) is 8.94. The van der Waals surface area contributed by atoms with Crippen LogP contribution in [0.4, 0.5) is 0 Å². The Balaban J connectivity index is 1.48. The molecule has 3 rings (SSSR count). The Morgan fingerprint density at radius 1 is 1.29 bits per heavy atom. The summed E-state index contributed by atoms with van der Waals surface area (Å²) < 4.78 is 11.4. The Bertz CT molecular complexity index is 708. The molecule has 0 amide bonds. The van der Waals surface area contributed by atoms with Gasteiger partial charge in [0.2, 0.25) is 0 Å². The maximum absolute atomic E-state index is 5.73. The maximum Gasteiger partial charge on any atom is 0.191 e. The molecule has 0 aliphatic carbocycles. The van der Waals surface area contributed by atoms with E-state index in [1.807, 2.05) is 30.3 Å². The van der Waals surface area contributed by atoms with Crippen LogP contribution in [0.25, 0.3) is 0 Å². The summed E-state index contributed by atoms with van der Waals surface area (Å²) in [5.41, 5.74) is 0. The molecule has 152 valence electrons. The van der Waals surface area contributed by atoms with Crippen LogP contribution in [0.2, 0.25) is 0 Å². The van der Waals surface area contributed by atoms with Crippen LogP contribution in [0.3, 0.4) is 0 Å². The van der Waals surface area contributed by atoms with E-state index >= 15 is 0 Å². The molecule has 28 heavy (non-hydrogen) atoms. The Kier molecular flexibility index (Phi) is 8.14. The van der Waals surface area contributed by atoms with Crippen LogP contribution in [-0.4, -0.2) is 63.4 Å². The van der Waals surface area contributed by atoms with Crippen molar-refractivity contribution in [3.63, 3.8) is 0 Å². The third-order valence-electron chi connectivity index (χ3n) is 4.68. The SMILES string of the molecule is CN=C(NCCOc1ccccc1)NCC(c1cccs1)N1CCOC(C)C1. The van der Waals surface area contributed by atoms with Crippen molar-refractivity contribution in [1.29, 1.82) is 0 Å². The van der Waals surface area contributed by atoms with Gasteiger partial charge in [-0.25, -0.2) is 0 Å². The molecule has 7 heteroatoms. The number of nitrogens with zero attached hydrogens (tertiary/aromatic N) is 2. The fourth-order valence-electron chi connectivity index (χ4n) is 3.29. The smallest absolute Gasteiger partial charge is 0.191 e. The molecule has 0 saturated carbocycles. The van der Waals surface area contributed by atoms with E-state index in [2.05, 4.69) is 45.0 Å². The van der Waals surface area contributed by atoms with Gasteiger partial charge in [-0.1, -0.05) is 24.3 Å². The molecule has 0 spiro atoms. The van der Waals surface area contributed by atoms with Gasteiger partial charge in [0.05, 0.1) is 25.3 Å². The van der Waals surface area contributed by atoms with E-state index in [9.17, 15) is 0 Å². The first-order chi connectivity index (χ1) is 13.8. The highest BCUT2D eigenvalue weighted by Gasteiger charge is 2.26. The number of hydrogen-bond donors (Lipinski definition) is 2. The van der Waals surface area contributed by atoms with Crippen molar-refractivity contribution in [2.24, 2.45) is 4.99 Å².